The Balaban J connectivity index is 3.55. The van der Waals surface area contributed by atoms with Gasteiger partial charge in [0, 0.05) is 24.9 Å². The van der Waals surface area contributed by atoms with Crippen molar-refractivity contribution < 1.29 is 42.9 Å². The van der Waals surface area contributed by atoms with E-state index < -0.39 is 59.6 Å². The number of amides is 3. The molecule has 1 heterocycles. The average molecular weight is 713 g/mol. The predicted octanol–water partition coefficient (Wildman–Crippen LogP) is 6.66. The summed E-state index contributed by atoms with van der Waals surface area (Å²) in [6.45, 7) is 23.6. The maximum atomic E-state index is 14.1. The van der Waals surface area contributed by atoms with E-state index in [1.165, 1.54) is 5.38 Å². The van der Waals surface area contributed by atoms with Crippen LogP contribution < -0.4 is 10.6 Å². The van der Waals surface area contributed by atoms with Crippen LogP contribution in [0.2, 0.25) is 0 Å². The Hall–Kier alpha value is -3.42. The highest BCUT2D eigenvalue weighted by molar-refractivity contribution is 7.09. The van der Waals surface area contributed by atoms with Crippen LogP contribution in [-0.4, -0.2) is 82.9 Å². The Labute approximate surface area is 296 Å². The lowest BCUT2D eigenvalue weighted by atomic mass is 9.93. The molecule has 1 rings (SSSR count). The van der Waals surface area contributed by atoms with E-state index in [9.17, 15) is 24.0 Å². The summed E-state index contributed by atoms with van der Waals surface area (Å²) in [5.41, 5.74) is -1.47. The van der Waals surface area contributed by atoms with Gasteiger partial charge in [-0.3, -0.25) is 4.79 Å². The van der Waals surface area contributed by atoms with Crippen molar-refractivity contribution in [2.45, 2.75) is 145 Å². The first-order chi connectivity index (χ1) is 22.5. The molecule has 1 aromatic rings. The second kappa shape index (κ2) is 19.1. The first kappa shape index (κ1) is 43.6. The molecule has 2 N–H and O–H groups in total. The minimum Gasteiger partial charge on any atom is -0.461 e. The maximum absolute atomic E-state index is 14.1. The van der Waals surface area contributed by atoms with Crippen LogP contribution in [-0.2, 0) is 28.5 Å². The van der Waals surface area contributed by atoms with Crippen molar-refractivity contribution in [1.82, 2.24) is 20.5 Å². The van der Waals surface area contributed by atoms with E-state index in [0.717, 1.165) is 11.3 Å². The van der Waals surface area contributed by atoms with Crippen LogP contribution >= 0.6 is 11.3 Å². The third-order valence-corrected chi connectivity index (χ3v) is 8.84. The number of carbonyl (C=O) groups excluding carboxylic acids is 5. The van der Waals surface area contributed by atoms with Gasteiger partial charge in [0.25, 0.3) is 0 Å². The van der Waals surface area contributed by atoms with E-state index >= 15 is 0 Å². The molecule has 0 bridgehead atoms. The largest absolute Gasteiger partial charge is 0.461 e. The summed E-state index contributed by atoms with van der Waals surface area (Å²) >= 11 is 1.13. The molecule has 0 saturated carbocycles. The number of hydrogen-bond acceptors (Lipinski definition) is 11. The van der Waals surface area contributed by atoms with E-state index in [-0.39, 0.29) is 42.4 Å². The van der Waals surface area contributed by atoms with Crippen molar-refractivity contribution in [2.24, 2.45) is 17.8 Å². The third kappa shape index (κ3) is 14.5. The summed E-state index contributed by atoms with van der Waals surface area (Å²) in [7, 11) is 1.65. The molecule has 0 saturated heterocycles. The summed E-state index contributed by atoms with van der Waals surface area (Å²) in [5.74, 6) is -2.32. The molecule has 3 amide bonds. The zero-order valence-electron chi connectivity index (χ0n) is 31.9. The van der Waals surface area contributed by atoms with Gasteiger partial charge in [-0.15, -0.1) is 11.3 Å². The van der Waals surface area contributed by atoms with Gasteiger partial charge in [0.2, 0.25) is 5.91 Å². The van der Waals surface area contributed by atoms with Crippen molar-refractivity contribution in [3.63, 3.8) is 0 Å². The van der Waals surface area contributed by atoms with Gasteiger partial charge in [-0.05, 0) is 66.2 Å². The molecule has 0 fully saturated rings. The van der Waals surface area contributed by atoms with Crippen molar-refractivity contribution in [1.29, 1.82) is 0 Å². The molecule has 0 aliphatic heterocycles. The van der Waals surface area contributed by atoms with E-state index in [0.29, 0.717) is 17.8 Å². The molecule has 14 heteroatoms. The normalized spacial score (nSPS) is 15.6. The minimum atomic E-state index is -1.04. The highest BCUT2D eigenvalue weighted by Crippen LogP contribution is 2.32. The summed E-state index contributed by atoms with van der Waals surface area (Å²) in [4.78, 5) is 71.9. The summed E-state index contributed by atoms with van der Waals surface area (Å²) < 4.78 is 22.1. The van der Waals surface area contributed by atoms with Gasteiger partial charge < -0.3 is 34.5 Å². The molecule has 13 nitrogen and oxygen atoms in total. The second-order valence-electron chi connectivity index (χ2n) is 14.7. The SMILES string of the molecule is CCOC(=O)c1csc([C@@H](C[C@H](C(C)C)N(C)C(=O)[C@@H](NC(=O)OC(C)(C)C)[C@@H](C)CC)OC(=O)[C@H](NC(=O)OC(C)(C)C)[C@@H](C)CC)n1. The van der Waals surface area contributed by atoms with Gasteiger partial charge in [0.1, 0.15) is 28.3 Å². The molecular formula is C35H60N4O9S. The van der Waals surface area contributed by atoms with Gasteiger partial charge in [0.15, 0.2) is 11.8 Å². The van der Waals surface area contributed by atoms with Crippen molar-refractivity contribution in [2.75, 3.05) is 13.7 Å². The summed E-state index contributed by atoms with van der Waals surface area (Å²) in [5, 5.41) is 7.28. The number of nitrogens with one attached hydrogen (secondary N) is 2. The number of esters is 2. The Morgan fingerprint density at radius 2 is 1.33 bits per heavy atom. The van der Waals surface area contributed by atoms with Crippen molar-refractivity contribution in [3.8, 4) is 0 Å². The van der Waals surface area contributed by atoms with Crippen molar-refractivity contribution >= 4 is 41.4 Å². The quantitative estimate of drug-likeness (QED) is 0.140. The molecule has 280 valence electrons. The zero-order valence-corrected chi connectivity index (χ0v) is 32.7. The van der Waals surface area contributed by atoms with Crippen LogP contribution in [0.25, 0.3) is 0 Å². The fourth-order valence-corrected chi connectivity index (χ4v) is 5.68. The smallest absolute Gasteiger partial charge is 0.408 e. The minimum absolute atomic E-state index is 0.0668. The van der Waals surface area contributed by atoms with Gasteiger partial charge in [0.05, 0.1) is 6.61 Å². The topological polar surface area (TPSA) is 162 Å². The number of likely N-dealkylation sites (N-methyl/N-ethyl adjacent to an activating group) is 1. The number of aromatic nitrogens is 1. The Kier molecular flexibility index (Phi) is 17.0. The maximum Gasteiger partial charge on any atom is 0.408 e. The number of ether oxygens (including phenoxy) is 4. The van der Waals surface area contributed by atoms with Crippen LogP contribution in [0.3, 0.4) is 0 Å². The molecule has 0 spiro atoms. The number of carbonyl (C=O) groups is 5. The fraction of sp³-hybridized carbons (Fsp3) is 0.771. The molecule has 0 radical (unpaired) electrons. The molecular weight excluding hydrogens is 652 g/mol. The zero-order chi connectivity index (χ0) is 37.9. The van der Waals surface area contributed by atoms with E-state index in [1.54, 1.807) is 60.4 Å². The van der Waals surface area contributed by atoms with Crippen LogP contribution in [0.5, 0.6) is 0 Å². The van der Waals surface area contributed by atoms with E-state index in [2.05, 4.69) is 15.6 Å². The highest BCUT2D eigenvalue weighted by atomic mass is 32.1. The molecule has 0 aromatic carbocycles. The van der Waals surface area contributed by atoms with Gasteiger partial charge in [-0.25, -0.2) is 24.2 Å². The monoisotopic (exact) mass is 712 g/mol. The molecule has 0 unspecified atom stereocenters. The van der Waals surface area contributed by atoms with E-state index in [4.69, 9.17) is 18.9 Å². The second-order valence-corrected chi connectivity index (χ2v) is 15.6. The summed E-state index contributed by atoms with van der Waals surface area (Å²) in [6, 6.07) is -2.43. The number of hydrogen-bond donors (Lipinski definition) is 2. The first-order valence-electron chi connectivity index (χ1n) is 17.1. The Morgan fingerprint density at radius 1 is 0.837 bits per heavy atom. The first-order valence-corrected chi connectivity index (χ1v) is 18.0. The lowest BCUT2D eigenvalue weighted by Gasteiger charge is -2.37. The van der Waals surface area contributed by atoms with Gasteiger partial charge in [-0.1, -0.05) is 54.4 Å². The van der Waals surface area contributed by atoms with Crippen LogP contribution in [0.1, 0.15) is 131 Å². The third-order valence-electron chi connectivity index (χ3n) is 7.90. The predicted molar refractivity (Wildman–Crippen MR) is 188 cm³/mol. The highest BCUT2D eigenvalue weighted by Gasteiger charge is 2.38. The molecule has 0 aliphatic rings. The molecule has 1 aromatic heterocycles. The van der Waals surface area contributed by atoms with Gasteiger partial charge in [-0.2, -0.15) is 0 Å². The lowest BCUT2D eigenvalue weighted by molar-refractivity contribution is -0.155. The number of thiazole rings is 1. The van der Waals surface area contributed by atoms with Crippen LogP contribution in [0, 0.1) is 17.8 Å². The molecule has 0 aliphatic carbocycles. The number of nitrogens with zero attached hydrogens (tertiary/aromatic N) is 2. The standard InChI is InChI=1S/C35H60N4O9S/c1-15-21(6)26(37-32(43)47-34(8,9)10)29(40)39(14)24(20(4)5)18-25(28-36-23(19-49-28)30(41)45-17-3)46-31(42)27(22(7)16-2)38-33(44)48-35(11,12)13/h19-22,24-27H,15-18H2,1-14H3,(H,37,43)(H,38,44)/t21-,22-,24+,25+,26-,27+/m0/s1. The average Bonchev–Trinajstić information content (AvgIpc) is 3.48. The van der Waals surface area contributed by atoms with Crippen LogP contribution in [0.4, 0.5) is 9.59 Å². The van der Waals surface area contributed by atoms with Gasteiger partial charge >= 0.3 is 24.1 Å². The number of rotatable bonds is 16. The Bertz CT molecular complexity index is 1250. The van der Waals surface area contributed by atoms with Crippen LogP contribution in [0.15, 0.2) is 5.38 Å². The van der Waals surface area contributed by atoms with Crippen molar-refractivity contribution in [3.05, 3.63) is 16.1 Å². The Morgan fingerprint density at radius 3 is 1.78 bits per heavy atom. The fourth-order valence-electron chi connectivity index (χ4n) is 4.85. The summed E-state index contributed by atoms with van der Waals surface area (Å²) in [6.07, 6.45) is -1.18. The molecule has 49 heavy (non-hydrogen) atoms. The molecule has 6 atom stereocenters. The van der Waals surface area contributed by atoms with E-state index in [1.807, 2.05) is 41.5 Å². The number of alkyl carbamates (subject to hydrolysis) is 2. The lowest BCUT2D eigenvalue weighted by Crippen LogP contribution is -2.55.